The first-order valence-electron chi connectivity index (χ1n) is 11.1. The fraction of sp³-hybridized carbons (Fsp3) is 0.545. The van der Waals surface area contributed by atoms with Crippen LogP contribution in [0.3, 0.4) is 0 Å². The van der Waals surface area contributed by atoms with E-state index in [0.717, 1.165) is 29.8 Å². The van der Waals surface area contributed by atoms with Gasteiger partial charge in [-0.25, -0.2) is 4.79 Å². The SMILES string of the molecule is O=C(CN1C(=O)NC2(CCCCC2)C1=O)NCC(=O)N1CCN(c2cccc(Cl)c2)CC1. The van der Waals surface area contributed by atoms with E-state index in [9.17, 15) is 19.2 Å². The van der Waals surface area contributed by atoms with Crippen LogP contribution in [0.15, 0.2) is 24.3 Å². The smallest absolute Gasteiger partial charge is 0.325 e. The predicted molar refractivity (Wildman–Crippen MR) is 119 cm³/mol. The number of piperazine rings is 1. The van der Waals surface area contributed by atoms with Crippen LogP contribution in [0.1, 0.15) is 32.1 Å². The van der Waals surface area contributed by atoms with E-state index in [1.165, 1.54) is 0 Å². The number of anilines is 1. The van der Waals surface area contributed by atoms with Gasteiger partial charge in [-0.2, -0.15) is 0 Å². The zero-order valence-corrected chi connectivity index (χ0v) is 18.7. The molecule has 32 heavy (non-hydrogen) atoms. The van der Waals surface area contributed by atoms with Crippen LogP contribution >= 0.6 is 11.6 Å². The first-order valence-corrected chi connectivity index (χ1v) is 11.4. The number of carbonyl (C=O) groups is 4. The Bertz CT molecular complexity index is 909. The number of hydrogen-bond acceptors (Lipinski definition) is 5. The first kappa shape index (κ1) is 22.4. The standard InChI is InChI=1S/C22H28ClN5O4/c23-16-5-4-6-17(13-16)26-9-11-27(12-10-26)19(30)14-24-18(29)15-28-20(31)22(25-21(28)32)7-2-1-3-8-22/h4-6,13H,1-3,7-12,14-15H2,(H,24,29)(H,25,32). The quantitative estimate of drug-likeness (QED) is 0.645. The Labute approximate surface area is 192 Å². The first-order chi connectivity index (χ1) is 15.4. The van der Waals surface area contributed by atoms with Gasteiger partial charge in [-0.15, -0.1) is 0 Å². The second kappa shape index (κ2) is 9.36. The lowest BCUT2D eigenvalue weighted by Crippen LogP contribution is -2.52. The van der Waals surface area contributed by atoms with Crippen molar-refractivity contribution in [2.45, 2.75) is 37.6 Å². The van der Waals surface area contributed by atoms with Gasteiger partial charge in [0, 0.05) is 36.9 Å². The molecule has 0 radical (unpaired) electrons. The predicted octanol–water partition coefficient (Wildman–Crippen LogP) is 1.36. The van der Waals surface area contributed by atoms with Crippen molar-refractivity contribution in [2.75, 3.05) is 44.2 Å². The van der Waals surface area contributed by atoms with E-state index in [1.54, 1.807) is 4.90 Å². The minimum atomic E-state index is -0.853. The minimum Gasteiger partial charge on any atom is -0.368 e. The summed E-state index contributed by atoms with van der Waals surface area (Å²) < 4.78 is 0. The molecule has 1 saturated carbocycles. The number of amides is 5. The molecule has 0 atom stereocenters. The summed E-state index contributed by atoms with van der Waals surface area (Å²) in [7, 11) is 0. The molecule has 0 aromatic heterocycles. The third kappa shape index (κ3) is 4.67. The number of rotatable bonds is 5. The average Bonchev–Trinajstić information content (AvgIpc) is 3.01. The van der Waals surface area contributed by atoms with Gasteiger partial charge < -0.3 is 20.4 Å². The maximum Gasteiger partial charge on any atom is 0.325 e. The average molecular weight is 462 g/mol. The molecular weight excluding hydrogens is 434 g/mol. The molecule has 3 aliphatic rings. The van der Waals surface area contributed by atoms with Crippen LogP contribution in [0.4, 0.5) is 10.5 Å². The van der Waals surface area contributed by atoms with Crippen LogP contribution in [0.5, 0.6) is 0 Å². The monoisotopic (exact) mass is 461 g/mol. The van der Waals surface area contributed by atoms with Crippen molar-refractivity contribution in [3.8, 4) is 0 Å². The van der Waals surface area contributed by atoms with E-state index >= 15 is 0 Å². The Morgan fingerprint density at radius 3 is 2.47 bits per heavy atom. The van der Waals surface area contributed by atoms with Gasteiger partial charge in [0.2, 0.25) is 11.8 Å². The van der Waals surface area contributed by atoms with E-state index in [0.29, 0.717) is 44.0 Å². The number of halogens is 1. The molecule has 172 valence electrons. The molecule has 3 fully saturated rings. The topological polar surface area (TPSA) is 102 Å². The molecule has 1 spiro atoms. The molecule has 9 nitrogen and oxygen atoms in total. The van der Waals surface area contributed by atoms with Crippen LogP contribution < -0.4 is 15.5 Å². The number of carbonyl (C=O) groups excluding carboxylic acids is 4. The van der Waals surface area contributed by atoms with Crippen LogP contribution in [0.2, 0.25) is 5.02 Å². The molecule has 1 aromatic rings. The molecule has 2 N–H and O–H groups in total. The van der Waals surface area contributed by atoms with Gasteiger partial charge >= 0.3 is 6.03 Å². The van der Waals surface area contributed by atoms with Gasteiger partial charge in [-0.1, -0.05) is 36.9 Å². The molecule has 1 aliphatic carbocycles. The third-order valence-corrected chi connectivity index (χ3v) is 6.73. The Morgan fingerprint density at radius 1 is 1.06 bits per heavy atom. The van der Waals surface area contributed by atoms with Gasteiger partial charge in [0.25, 0.3) is 5.91 Å². The number of urea groups is 1. The van der Waals surface area contributed by atoms with E-state index in [2.05, 4.69) is 15.5 Å². The third-order valence-electron chi connectivity index (χ3n) is 6.50. The summed E-state index contributed by atoms with van der Waals surface area (Å²) in [6, 6.07) is 7.06. The largest absolute Gasteiger partial charge is 0.368 e. The van der Waals surface area contributed by atoms with Gasteiger partial charge in [-0.05, 0) is 31.0 Å². The number of hydrogen-bond donors (Lipinski definition) is 2. The number of benzene rings is 1. The number of nitrogens with zero attached hydrogens (tertiary/aromatic N) is 3. The van der Waals surface area contributed by atoms with Crippen LogP contribution in [0.25, 0.3) is 0 Å². The maximum absolute atomic E-state index is 12.8. The van der Waals surface area contributed by atoms with Crippen molar-refractivity contribution in [3.05, 3.63) is 29.3 Å². The van der Waals surface area contributed by atoms with Gasteiger partial charge in [0.15, 0.2) is 0 Å². The highest BCUT2D eigenvalue weighted by atomic mass is 35.5. The van der Waals surface area contributed by atoms with E-state index in [1.807, 2.05) is 24.3 Å². The van der Waals surface area contributed by atoms with Crippen molar-refractivity contribution in [1.82, 2.24) is 20.4 Å². The summed E-state index contributed by atoms with van der Waals surface area (Å²) >= 11 is 6.05. The van der Waals surface area contributed by atoms with Crippen molar-refractivity contribution >= 4 is 41.0 Å². The van der Waals surface area contributed by atoms with Crippen LogP contribution in [-0.4, -0.2) is 78.4 Å². The van der Waals surface area contributed by atoms with E-state index < -0.39 is 17.5 Å². The van der Waals surface area contributed by atoms with Crippen LogP contribution in [0, 0.1) is 0 Å². The van der Waals surface area contributed by atoms with Crippen LogP contribution in [-0.2, 0) is 14.4 Å². The van der Waals surface area contributed by atoms with Gasteiger partial charge in [0.1, 0.15) is 12.1 Å². The highest BCUT2D eigenvalue weighted by molar-refractivity contribution is 6.30. The molecule has 2 heterocycles. The summed E-state index contributed by atoms with van der Waals surface area (Å²) in [5, 5.41) is 6.01. The lowest BCUT2D eigenvalue weighted by molar-refractivity contribution is -0.136. The van der Waals surface area contributed by atoms with Gasteiger partial charge in [0.05, 0.1) is 6.54 Å². The molecular formula is C22H28ClN5O4. The summed E-state index contributed by atoms with van der Waals surface area (Å²) in [6.45, 7) is 1.88. The summed E-state index contributed by atoms with van der Waals surface area (Å²) in [6.07, 6.45) is 4.02. The van der Waals surface area contributed by atoms with Crippen molar-refractivity contribution < 1.29 is 19.2 Å². The minimum absolute atomic E-state index is 0.162. The van der Waals surface area contributed by atoms with Crippen molar-refractivity contribution in [2.24, 2.45) is 0 Å². The summed E-state index contributed by atoms with van der Waals surface area (Å²) in [5.41, 5.74) is 0.163. The Kier molecular flexibility index (Phi) is 6.55. The fourth-order valence-corrected chi connectivity index (χ4v) is 4.87. The lowest BCUT2D eigenvalue weighted by Gasteiger charge is -2.36. The Hall–Kier alpha value is -2.81. The lowest BCUT2D eigenvalue weighted by atomic mass is 9.82. The molecule has 1 aromatic carbocycles. The molecule has 0 unspecified atom stereocenters. The fourth-order valence-electron chi connectivity index (χ4n) is 4.69. The molecule has 0 bridgehead atoms. The number of imide groups is 1. The van der Waals surface area contributed by atoms with E-state index in [4.69, 9.17) is 11.6 Å². The second-order valence-corrected chi connectivity index (χ2v) is 9.03. The van der Waals surface area contributed by atoms with Crippen molar-refractivity contribution in [1.29, 1.82) is 0 Å². The highest BCUT2D eigenvalue weighted by Gasteiger charge is 2.51. The van der Waals surface area contributed by atoms with Gasteiger partial charge in [-0.3, -0.25) is 19.3 Å². The van der Waals surface area contributed by atoms with Crippen molar-refractivity contribution in [3.63, 3.8) is 0 Å². The zero-order valence-electron chi connectivity index (χ0n) is 17.9. The normalized spacial score (nSPS) is 20.5. The highest BCUT2D eigenvalue weighted by Crippen LogP contribution is 2.33. The number of nitrogens with one attached hydrogen (secondary N) is 2. The molecule has 2 saturated heterocycles. The zero-order chi connectivity index (χ0) is 22.7. The molecule has 10 heteroatoms. The molecule has 2 aliphatic heterocycles. The second-order valence-electron chi connectivity index (χ2n) is 8.59. The maximum atomic E-state index is 12.8. The summed E-state index contributed by atoms with van der Waals surface area (Å²) in [4.78, 5) is 54.7. The van der Waals surface area contributed by atoms with E-state index in [-0.39, 0.29) is 24.9 Å². The summed E-state index contributed by atoms with van der Waals surface area (Å²) in [5.74, 6) is -1.04. The Morgan fingerprint density at radius 2 is 1.78 bits per heavy atom. The Balaban J connectivity index is 1.23. The molecule has 5 amide bonds. The molecule has 4 rings (SSSR count).